The molecule has 21 heavy (non-hydrogen) atoms. The molecule has 2 nitrogen and oxygen atoms in total. The molecule has 0 fully saturated rings. The summed E-state index contributed by atoms with van der Waals surface area (Å²) in [7, 11) is 0. The third-order valence-electron chi connectivity index (χ3n) is 3.74. The Kier molecular flexibility index (Phi) is 2.89. The van der Waals surface area contributed by atoms with Crippen LogP contribution in [0.4, 0.5) is 0 Å². The van der Waals surface area contributed by atoms with Crippen LogP contribution < -0.4 is 0 Å². The SMILES string of the molecule is Cc1cc(C(Br)c2ccc3oc4ccccc4c3c2)co1. The van der Waals surface area contributed by atoms with Gasteiger partial charge in [-0.15, -0.1) is 0 Å². The van der Waals surface area contributed by atoms with E-state index in [9.17, 15) is 0 Å². The molecule has 2 aromatic heterocycles. The molecule has 0 aliphatic rings. The fourth-order valence-electron chi connectivity index (χ4n) is 2.69. The summed E-state index contributed by atoms with van der Waals surface area (Å²) in [5.41, 5.74) is 4.16. The second kappa shape index (κ2) is 4.78. The van der Waals surface area contributed by atoms with E-state index in [0.29, 0.717) is 0 Å². The van der Waals surface area contributed by atoms with Crippen LogP contribution >= 0.6 is 15.9 Å². The summed E-state index contributed by atoms with van der Waals surface area (Å²) in [5.74, 6) is 0.921. The summed E-state index contributed by atoms with van der Waals surface area (Å²) in [4.78, 5) is 0.119. The van der Waals surface area contributed by atoms with Crippen LogP contribution in [-0.2, 0) is 0 Å². The lowest BCUT2D eigenvalue weighted by Gasteiger charge is -2.07. The fraction of sp³-hybridized carbons (Fsp3) is 0.111. The largest absolute Gasteiger partial charge is 0.469 e. The van der Waals surface area contributed by atoms with E-state index in [1.165, 1.54) is 5.56 Å². The highest BCUT2D eigenvalue weighted by molar-refractivity contribution is 9.09. The summed E-state index contributed by atoms with van der Waals surface area (Å²) < 4.78 is 11.3. The minimum atomic E-state index is 0.119. The van der Waals surface area contributed by atoms with Crippen LogP contribution in [0, 0.1) is 6.92 Å². The minimum Gasteiger partial charge on any atom is -0.469 e. The molecule has 0 spiro atoms. The first-order valence-electron chi connectivity index (χ1n) is 6.83. The average Bonchev–Trinajstić information content (AvgIpc) is 3.09. The summed E-state index contributed by atoms with van der Waals surface area (Å²) in [6.07, 6.45) is 1.80. The van der Waals surface area contributed by atoms with Crippen LogP contribution in [-0.4, -0.2) is 0 Å². The Bertz CT molecular complexity index is 933. The molecule has 0 bridgehead atoms. The van der Waals surface area contributed by atoms with Crippen molar-refractivity contribution in [1.29, 1.82) is 0 Å². The Balaban J connectivity index is 1.88. The topological polar surface area (TPSA) is 26.3 Å². The minimum absolute atomic E-state index is 0.119. The number of benzene rings is 2. The number of para-hydroxylation sites is 1. The molecule has 104 valence electrons. The Labute approximate surface area is 130 Å². The number of furan rings is 2. The van der Waals surface area contributed by atoms with Crippen molar-refractivity contribution >= 4 is 37.9 Å². The Morgan fingerprint density at radius 1 is 0.905 bits per heavy atom. The normalized spacial score (nSPS) is 13.0. The van der Waals surface area contributed by atoms with Gasteiger partial charge in [0.05, 0.1) is 11.1 Å². The third kappa shape index (κ3) is 2.09. The zero-order valence-corrected chi connectivity index (χ0v) is 13.1. The van der Waals surface area contributed by atoms with Crippen molar-refractivity contribution in [2.75, 3.05) is 0 Å². The molecule has 0 saturated heterocycles. The number of halogens is 1. The highest BCUT2D eigenvalue weighted by atomic mass is 79.9. The maximum absolute atomic E-state index is 5.86. The molecule has 0 radical (unpaired) electrons. The highest BCUT2D eigenvalue weighted by Gasteiger charge is 2.15. The van der Waals surface area contributed by atoms with Crippen molar-refractivity contribution in [1.82, 2.24) is 0 Å². The molecule has 2 aromatic carbocycles. The molecule has 4 rings (SSSR count). The van der Waals surface area contributed by atoms with Gasteiger partial charge in [0.25, 0.3) is 0 Å². The predicted molar refractivity (Wildman–Crippen MR) is 87.9 cm³/mol. The van der Waals surface area contributed by atoms with Gasteiger partial charge in [-0.2, -0.15) is 0 Å². The van der Waals surface area contributed by atoms with Gasteiger partial charge in [-0.05, 0) is 36.8 Å². The van der Waals surface area contributed by atoms with Gasteiger partial charge < -0.3 is 8.83 Å². The standard InChI is InChI=1S/C18H13BrO2/c1-11-8-13(10-20-11)18(19)12-6-7-17-15(9-12)14-4-2-3-5-16(14)21-17/h2-10,18H,1H3. The number of alkyl halides is 1. The van der Waals surface area contributed by atoms with E-state index in [1.54, 1.807) is 6.26 Å². The quantitative estimate of drug-likeness (QED) is 0.420. The van der Waals surface area contributed by atoms with Gasteiger partial charge in [0, 0.05) is 16.3 Å². The number of aryl methyl sites for hydroxylation is 1. The summed E-state index contributed by atoms with van der Waals surface area (Å²) >= 11 is 3.75. The first-order valence-corrected chi connectivity index (χ1v) is 7.74. The number of fused-ring (bicyclic) bond motifs is 3. The van der Waals surface area contributed by atoms with Gasteiger partial charge in [0.2, 0.25) is 0 Å². The molecular weight excluding hydrogens is 328 g/mol. The Morgan fingerprint density at radius 3 is 2.52 bits per heavy atom. The van der Waals surface area contributed by atoms with Crippen LogP contribution in [0.5, 0.6) is 0 Å². The van der Waals surface area contributed by atoms with E-state index >= 15 is 0 Å². The van der Waals surface area contributed by atoms with E-state index in [4.69, 9.17) is 8.83 Å². The fourth-order valence-corrected chi connectivity index (χ4v) is 3.22. The highest BCUT2D eigenvalue weighted by Crippen LogP contribution is 2.36. The number of rotatable bonds is 2. The molecular formula is C18H13BrO2. The number of hydrogen-bond donors (Lipinski definition) is 0. The van der Waals surface area contributed by atoms with Crippen molar-refractivity contribution in [2.45, 2.75) is 11.8 Å². The predicted octanol–water partition coefficient (Wildman–Crippen LogP) is 5.97. The van der Waals surface area contributed by atoms with E-state index in [-0.39, 0.29) is 4.83 Å². The van der Waals surface area contributed by atoms with Crippen LogP contribution in [0.3, 0.4) is 0 Å². The van der Waals surface area contributed by atoms with Crippen molar-refractivity contribution in [2.24, 2.45) is 0 Å². The first kappa shape index (κ1) is 12.7. The van der Waals surface area contributed by atoms with Crippen molar-refractivity contribution < 1.29 is 8.83 Å². The second-order valence-corrected chi connectivity index (χ2v) is 6.12. The molecule has 0 saturated carbocycles. The average molecular weight is 341 g/mol. The van der Waals surface area contributed by atoms with E-state index < -0.39 is 0 Å². The van der Waals surface area contributed by atoms with Crippen LogP contribution in [0.2, 0.25) is 0 Å². The Hall–Kier alpha value is -2.00. The van der Waals surface area contributed by atoms with Gasteiger partial charge in [-0.25, -0.2) is 0 Å². The first-order chi connectivity index (χ1) is 10.2. The molecule has 0 N–H and O–H groups in total. The number of hydrogen-bond acceptors (Lipinski definition) is 2. The lowest BCUT2D eigenvalue weighted by molar-refractivity contribution is 0.532. The van der Waals surface area contributed by atoms with Crippen LogP contribution in [0.25, 0.3) is 21.9 Å². The molecule has 2 heterocycles. The van der Waals surface area contributed by atoms with Crippen molar-refractivity contribution in [3.8, 4) is 0 Å². The molecule has 0 amide bonds. The second-order valence-electron chi connectivity index (χ2n) is 5.21. The third-order valence-corrected chi connectivity index (χ3v) is 4.79. The Morgan fingerprint density at radius 2 is 1.71 bits per heavy atom. The van der Waals surface area contributed by atoms with Crippen LogP contribution in [0.1, 0.15) is 21.7 Å². The summed E-state index contributed by atoms with van der Waals surface area (Å²) in [6.45, 7) is 1.95. The molecule has 0 aliphatic heterocycles. The van der Waals surface area contributed by atoms with Gasteiger partial charge in [-0.1, -0.05) is 40.2 Å². The maximum Gasteiger partial charge on any atom is 0.135 e. The van der Waals surface area contributed by atoms with Crippen molar-refractivity contribution in [3.63, 3.8) is 0 Å². The monoisotopic (exact) mass is 340 g/mol. The smallest absolute Gasteiger partial charge is 0.135 e. The summed E-state index contributed by atoms with van der Waals surface area (Å²) in [6, 6.07) is 16.5. The van der Waals surface area contributed by atoms with Gasteiger partial charge in [0.1, 0.15) is 16.9 Å². The van der Waals surface area contributed by atoms with Gasteiger partial charge >= 0.3 is 0 Å². The zero-order valence-electron chi connectivity index (χ0n) is 11.5. The molecule has 3 heteroatoms. The van der Waals surface area contributed by atoms with E-state index in [1.807, 2.05) is 31.2 Å². The lowest BCUT2D eigenvalue weighted by Crippen LogP contribution is -1.90. The van der Waals surface area contributed by atoms with Crippen LogP contribution in [0.15, 0.2) is 63.6 Å². The molecule has 4 aromatic rings. The lowest BCUT2D eigenvalue weighted by atomic mass is 10.0. The van der Waals surface area contributed by atoms with E-state index in [0.717, 1.165) is 33.3 Å². The zero-order chi connectivity index (χ0) is 14.4. The van der Waals surface area contributed by atoms with E-state index in [2.05, 4.69) is 40.2 Å². The van der Waals surface area contributed by atoms with Gasteiger partial charge in [0.15, 0.2) is 0 Å². The summed E-state index contributed by atoms with van der Waals surface area (Å²) in [5, 5.41) is 2.30. The van der Waals surface area contributed by atoms with Gasteiger partial charge in [-0.3, -0.25) is 0 Å². The maximum atomic E-state index is 5.86. The molecule has 0 aliphatic carbocycles. The molecule has 1 atom stereocenters. The van der Waals surface area contributed by atoms with Crippen molar-refractivity contribution in [3.05, 3.63) is 71.7 Å². The molecule has 1 unspecified atom stereocenters.